The quantitative estimate of drug-likeness (QED) is 0.758. The molecule has 0 aliphatic heterocycles. The molecule has 2 heteroatoms. The average molecular weight is 219 g/mol. The van der Waals surface area contributed by atoms with E-state index in [-0.39, 0.29) is 6.04 Å². The molecule has 2 nitrogen and oxygen atoms in total. The number of ketones is 1. The van der Waals surface area contributed by atoms with Gasteiger partial charge in [-0.1, -0.05) is 25.1 Å². The average Bonchev–Trinajstić information content (AvgIpc) is 2.31. The van der Waals surface area contributed by atoms with Crippen LogP contribution in [0.4, 0.5) is 5.69 Å². The number of carbonyl (C=O) groups excluding carboxylic acids is 1. The van der Waals surface area contributed by atoms with Crippen LogP contribution >= 0.6 is 0 Å². The summed E-state index contributed by atoms with van der Waals surface area (Å²) in [4.78, 5) is 13.9. The highest BCUT2D eigenvalue weighted by molar-refractivity contribution is 5.86. The van der Waals surface area contributed by atoms with Crippen molar-refractivity contribution >= 4 is 11.5 Å². The highest BCUT2D eigenvalue weighted by atomic mass is 16.1. The van der Waals surface area contributed by atoms with Crippen LogP contribution in [0.25, 0.3) is 0 Å². The van der Waals surface area contributed by atoms with Gasteiger partial charge in [0.2, 0.25) is 0 Å². The molecule has 0 N–H and O–H groups in total. The van der Waals surface area contributed by atoms with Crippen LogP contribution in [0, 0.1) is 6.92 Å². The van der Waals surface area contributed by atoms with E-state index in [9.17, 15) is 4.79 Å². The Kier molecular flexibility index (Phi) is 4.53. The van der Waals surface area contributed by atoms with E-state index < -0.39 is 0 Å². The van der Waals surface area contributed by atoms with E-state index in [1.165, 1.54) is 11.3 Å². The Morgan fingerprint density at radius 3 is 2.44 bits per heavy atom. The lowest BCUT2D eigenvalue weighted by Crippen LogP contribution is -2.39. The van der Waals surface area contributed by atoms with Gasteiger partial charge in [-0.2, -0.15) is 0 Å². The molecule has 0 saturated heterocycles. The fraction of sp³-hybridized carbons (Fsp3) is 0.500. The zero-order valence-corrected chi connectivity index (χ0v) is 10.7. The highest BCUT2D eigenvalue weighted by Crippen LogP contribution is 2.21. The molecular weight excluding hydrogens is 198 g/mol. The Morgan fingerprint density at radius 1 is 1.31 bits per heavy atom. The number of Topliss-reactive ketones (excluding diaryl/α,β-unsaturated/α-hetero) is 1. The maximum absolute atomic E-state index is 11.8. The molecule has 1 aromatic rings. The van der Waals surface area contributed by atoms with Crippen molar-refractivity contribution in [1.82, 2.24) is 0 Å². The number of aryl methyl sites for hydroxylation is 1. The summed E-state index contributed by atoms with van der Waals surface area (Å²) >= 11 is 0. The third-order valence-electron chi connectivity index (χ3n) is 3.05. The van der Waals surface area contributed by atoms with Gasteiger partial charge in [-0.25, -0.2) is 0 Å². The van der Waals surface area contributed by atoms with Crippen LogP contribution in [-0.2, 0) is 4.79 Å². The summed E-state index contributed by atoms with van der Waals surface area (Å²) in [6.45, 7) is 8.94. The second-order valence-electron chi connectivity index (χ2n) is 4.07. The van der Waals surface area contributed by atoms with Gasteiger partial charge in [0.1, 0.15) is 0 Å². The first-order valence-corrected chi connectivity index (χ1v) is 5.96. The van der Waals surface area contributed by atoms with Crippen molar-refractivity contribution in [3.63, 3.8) is 0 Å². The Morgan fingerprint density at radius 2 is 1.94 bits per heavy atom. The summed E-state index contributed by atoms with van der Waals surface area (Å²) < 4.78 is 0. The number of hydrogen-bond donors (Lipinski definition) is 0. The molecule has 0 fully saturated rings. The molecule has 0 bridgehead atoms. The third kappa shape index (κ3) is 2.63. The Hall–Kier alpha value is -1.31. The summed E-state index contributed by atoms with van der Waals surface area (Å²) in [5, 5.41) is 0. The molecule has 1 aromatic carbocycles. The van der Waals surface area contributed by atoms with E-state index in [1.807, 2.05) is 26.0 Å². The maximum atomic E-state index is 11.8. The molecule has 1 rings (SSSR count). The topological polar surface area (TPSA) is 20.3 Å². The van der Waals surface area contributed by atoms with Crippen molar-refractivity contribution in [3.05, 3.63) is 29.8 Å². The first-order valence-electron chi connectivity index (χ1n) is 5.96. The number of nitrogens with zero attached hydrogens (tertiary/aromatic N) is 1. The van der Waals surface area contributed by atoms with E-state index >= 15 is 0 Å². The monoisotopic (exact) mass is 219 g/mol. The lowest BCUT2D eigenvalue weighted by molar-refractivity contribution is -0.119. The molecule has 88 valence electrons. The van der Waals surface area contributed by atoms with Crippen molar-refractivity contribution in [1.29, 1.82) is 0 Å². The predicted octanol–water partition coefficient (Wildman–Crippen LogP) is 3.19. The highest BCUT2D eigenvalue weighted by Gasteiger charge is 2.19. The van der Waals surface area contributed by atoms with E-state index in [1.54, 1.807) is 0 Å². The minimum Gasteiger partial charge on any atom is -0.362 e. The standard InChI is InChI=1S/C14H21NO/c1-5-14(16)12(4)15(6-2)13-10-8-7-9-11(13)3/h7-10,12H,5-6H2,1-4H3. The van der Waals surface area contributed by atoms with Crippen LogP contribution in [0.5, 0.6) is 0 Å². The van der Waals surface area contributed by atoms with Crippen LogP contribution in [0.15, 0.2) is 24.3 Å². The third-order valence-corrected chi connectivity index (χ3v) is 3.05. The summed E-state index contributed by atoms with van der Waals surface area (Å²) in [5.74, 6) is 0.296. The zero-order chi connectivity index (χ0) is 12.1. The number of anilines is 1. The van der Waals surface area contributed by atoms with Crippen LogP contribution in [0.2, 0.25) is 0 Å². The predicted molar refractivity (Wildman–Crippen MR) is 69.0 cm³/mol. The smallest absolute Gasteiger partial charge is 0.154 e. The molecule has 1 atom stereocenters. The fourth-order valence-corrected chi connectivity index (χ4v) is 2.01. The minimum atomic E-state index is -0.0314. The first-order chi connectivity index (χ1) is 7.61. The molecule has 0 aliphatic carbocycles. The summed E-state index contributed by atoms with van der Waals surface area (Å²) in [5.41, 5.74) is 2.39. The number of rotatable bonds is 5. The van der Waals surface area contributed by atoms with Crippen molar-refractivity contribution in [2.45, 2.75) is 40.2 Å². The Bertz CT molecular complexity index is 360. The second-order valence-corrected chi connectivity index (χ2v) is 4.07. The Balaban J connectivity index is 2.99. The number of likely N-dealkylation sites (N-methyl/N-ethyl adjacent to an activating group) is 1. The van der Waals surface area contributed by atoms with E-state index in [4.69, 9.17) is 0 Å². The minimum absolute atomic E-state index is 0.0314. The summed E-state index contributed by atoms with van der Waals surface area (Å²) in [7, 11) is 0. The van der Waals surface area contributed by atoms with Crippen LogP contribution in [0.1, 0.15) is 32.8 Å². The number of para-hydroxylation sites is 1. The molecule has 0 aromatic heterocycles. The van der Waals surface area contributed by atoms with Gasteiger partial charge in [-0.05, 0) is 32.4 Å². The summed E-state index contributed by atoms with van der Waals surface area (Å²) in [6, 6.07) is 8.18. The molecule has 0 aliphatic rings. The van der Waals surface area contributed by atoms with Gasteiger partial charge in [-0.15, -0.1) is 0 Å². The largest absolute Gasteiger partial charge is 0.362 e. The maximum Gasteiger partial charge on any atom is 0.154 e. The van der Waals surface area contributed by atoms with Crippen molar-refractivity contribution in [2.24, 2.45) is 0 Å². The molecule has 16 heavy (non-hydrogen) atoms. The lowest BCUT2D eigenvalue weighted by atomic mass is 10.1. The molecule has 0 radical (unpaired) electrons. The van der Waals surface area contributed by atoms with Gasteiger partial charge in [0.05, 0.1) is 6.04 Å². The fourth-order valence-electron chi connectivity index (χ4n) is 2.01. The van der Waals surface area contributed by atoms with Crippen LogP contribution in [0.3, 0.4) is 0 Å². The number of carbonyl (C=O) groups is 1. The van der Waals surface area contributed by atoms with Gasteiger partial charge in [-0.3, -0.25) is 4.79 Å². The number of benzene rings is 1. The van der Waals surface area contributed by atoms with E-state index in [0.717, 1.165) is 6.54 Å². The molecule has 0 amide bonds. The van der Waals surface area contributed by atoms with E-state index in [0.29, 0.717) is 12.2 Å². The lowest BCUT2D eigenvalue weighted by Gasteiger charge is -2.30. The van der Waals surface area contributed by atoms with Crippen LogP contribution < -0.4 is 4.90 Å². The van der Waals surface area contributed by atoms with Gasteiger partial charge in [0.15, 0.2) is 5.78 Å². The van der Waals surface area contributed by atoms with Crippen molar-refractivity contribution in [2.75, 3.05) is 11.4 Å². The number of hydrogen-bond acceptors (Lipinski definition) is 2. The second kappa shape index (κ2) is 5.69. The van der Waals surface area contributed by atoms with Crippen molar-refractivity contribution in [3.8, 4) is 0 Å². The zero-order valence-electron chi connectivity index (χ0n) is 10.7. The first kappa shape index (κ1) is 12.8. The summed E-state index contributed by atoms with van der Waals surface area (Å²) in [6.07, 6.45) is 0.601. The van der Waals surface area contributed by atoms with Gasteiger partial charge in [0.25, 0.3) is 0 Å². The van der Waals surface area contributed by atoms with Gasteiger partial charge < -0.3 is 4.90 Å². The molecular formula is C14H21NO. The SMILES string of the molecule is CCC(=O)C(C)N(CC)c1ccccc1C. The van der Waals surface area contributed by atoms with Crippen LogP contribution in [-0.4, -0.2) is 18.4 Å². The Labute approximate surface area is 98.3 Å². The van der Waals surface area contributed by atoms with E-state index in [2.05, 4.69) is 30.9 Å². The van der Waals surface area contributed by atoms with Crippen molar-refractivity contribution < 1.29 is 4.79 Å². The molecule has 0 saturated carbocycles. The molecule has 0 spiro atoms. The van der Waals surface area contributed by atoms with Gasteiger partial charge in [0, 0.05) is 18.7 Å². The molecule has 1 unspecified atom stereocenters. The van der Waals surface area contributed by atoms with Gasteiger partial charge >= 0.3 is 0 Å². The normalized spacial score (nSPS) is 12.2. The molecule has 0 heterocycles.